The maximum Gasteiger partial charge on any atom is 0.371 e. The highest BCUT2D eigenvalue weighted by atomic mass is 79.9. The number of aliphatic hydroxyl groups excluding tert-OH is 2. The highest BCUT2D eigenvalue weighted by Crippen LogP contribution is 2.28. The molecule has 6 nitrogen and oxygen atoms in total. The summed E-state index contributed by atoms with van der Waals surface area (Å²) in [5.74, 6) is -1.66. The average Bonchev–Trinajstić information content (AvgIpc) is 2.51. The van der Waals surface area contributed by atoms with Crippen LogP contribution in [0.3, 0.4) is 0 Å². The zero-order valence-electron chi connectivity index (χ0n) is 12.6. The summed E-state index contributed by atoms with van der Waals surface area (Å²) in [5.41, 5.74) is 0.660. The van der Waals surface area contributed by atoms with Crippen LogP contribution in [0.25, 0.3) is 6.08 Å². The Morgan fingerprint density at radius 2 is 2.17 bits per heavy atom. The molecule has 0 aromatic heterocycles. The van der Waals surface area contributed by atoms with E-state index in [4.69, 9.17) is 9.47 Å². The number of carboxylic acid groups (broad SMARTS) is 1. The normalized spacial score (nSPS) is 28.4. The maximum absolute atomic E-state index is 11.4. The van der Waals surface area contributed by atoms with Gasteiger partial charge in [-0.25, -0.2) is 4.79 Å². The van der Waals surface area contributed by atoms with Crippen LogP contribution < -0.4 is 0 Å². The van der Waals surface area contributed by atoms with Crippen molar-refractivity contribution in [2.45, 2.75) is 31.8 Å². The van der Waals surface area contributed by atoms with E-state index < -0.39 is 24.5 Å². The largest absolute Gasteiger partial charge is 0.475 e. The van der Waals surface area contributed by atoms with Crippen molar-refractivity contribution in [3.8, 4) is 0 Å². The summed E-state index contributed by atoms with van der Waals surface area (Å²) in [6, 6.07) is 7.15. The molecule has 23 heavy (non-hydrogen) atoms. The predicted octanol–water partition coefficient (Wildman–Crippen LogP) is 2.00. The Hall–Kier alpha value is -1.41. The number of aliphatic hydroxyl groups is 2. The van der Waals surface area contributed by atoms with E-state index in [0.29, 0.717) is 12.0 Å². The fraction of sp³-hybridized carbons (Fsp3) is 0.438. The highest BCUT2D eigenvalue weighted by molar-refractivity contribution is 9.10. The van der Waals surface area contributed by atoms with Crippen LogP contribution in [0.15, 0.2) is 34.5 Å². The van der Waals surface area contributed by atoms with Crippen molar-refractivity contribution in [2.75, 3.05) is 6.61 Å². The molecule has 0 bridgehead atoms. The molecular formula is C16H19BrO6. The summed E-state index contributed by atoms with van der Waals surface area (Å²) in [6.45, 7) is 1.44. The van der Waals surface area contributed by atoms with Gasteiger partial charge in [0.1, 0.15) is 6.10 Å². The molecule has 3 N–H and O–H groups in total. The van der Waals surface area contributed by atoms with E-state index in [-0.39, 0.29) is 18.3 Å². The Morgan fingerprint density at radius 1 is 1.48 bits per heavy atom. The Labute approximate surface area is 142 Å². The molecule has 2 rings (SSSR count). The lowest BCUT2D eigenvalue weighted by atomic mass is 9.93. The molecule has 1 heterocycles. The van der Waals surface area contributed by atoms with Crippen LogP contribution in [-0.2, 0) is 14.3 Å². The van der Waals surface area contributed by atoms with Gasteiger partial charge in [-0.1, -0.05) is 41.1 Å². The van der Waals surface area contributed by atoms with Gasteiger partial charge in [-0.2, -0.15) is 0 Å². The van der Waals surface area contributed by atoms with E-state index in [1.54, 1.807) is 25.1 Å². The Morgan fingerprint density at radius 3 is 2.78 bits per heavy atom. The topological polar surface area (TPSA) is 96.2 Å². The second kappa shape index (κ2) is 7.92. The molecule has 1 aromatic rings. The van der Waals surface area contributed by atoms with E-state index in [0.717, 1.165) is 4.47 Å². The molecule has 0 radical (unpaired) electrons. The van der Waals surface area contributed by atoms with Crippen LogP contribution >= 0.6 is 15.9 Å². The summed E-state index contributed by atoms with van der Waals surface area (Å²) < 4.78 is 11.6. The third-order valence-corrected chi connectivity index (χ3v) is 4.42. The first-order valence-electron chi connectivity index (χ1n) is 7.23. The van der Waals surface area contributed by atoms with Crippen molar-refractivity contribution in [1.82, 2.24) is 0 Å². The Balaban J connectivity index is 2.17. The maximum atomic E-state index is 11.4. The van der Waals surface area contributed by atoms with Gasteiger partial charge in [0.2, 0.25) is 12.0 Å². The van der Waals surface area contributed by atoms with E-state index in [2.05, 4.69) is 15.9 Å². The van der Waals surface area contributed by atoms with Crippen LogP contribution in [0.1, 0.15) is 18.9 Å². The summed E-state index contributed by atoms with van der Waals surface area (Å²) in [4.78, 5) is 11.4. The highest BCUT2D eigenvalue weighted by Gasteiger charge is 2.36. The van der Waals surface area contributed by atoms with Gasteiger partial charge in [0.05, 0.1) is 12.7 Å². The standard InChI is InChI=1S/C16H19BrO6/c1-9-6-14(23-13(8-18)15(9)19)22-12(16(20)21)7-10-4-2-3-5-11(10)17/h2-5,7,9,13-15,18-19H,6,8H2,1H3,(H,20,21)/b12-7-/t9-,13-,14-,15-/m0/s1. The zero-order valence-corrected chi connectivity index (χ0v) is 14.1. The fourth-order valence-corrected chi connectivity index (χ4v) is 2.79. The van der Waals surface area contributed by atoms with Crippen LogP contribution in [0.5, 0.6) is 0 Å². The smallest absolute Gasteiger partial charge is 0.371 e. The molecule has 1 aromatic carbocycles. The quantitative estimate of drug-likeness (QED) is 0.528. The first-order chi connectivity index (χ1) is 10.9. The minimum atomic E-state index is -1.22. The number of halogens is 1. The lowest BCUT2D eigenvalue weighted by Gasteiger charge is -2.37. The second-order valence-electron chi connectivity index (χ2n) is 5.44. The van der Waals surface area contributed by atoms with Crippen molar-refractivity contribution in [2.24, 2.45) is 5.92 Å². The molecule has 126 valence electrons. The van der Waals surface area contributed by atoms with Gasteiger partial charge in [-0.3, -0.25) is 0 Å². The van der Waals surface area contributed by atoms with Crippen molar-refractivity contribution < 1.29 is 29.6 Å². The van der Waals surface area contributed by atoms with Gasteiger partial charge in [0, 0.05) is 10.9 Å². The van der Waals surface area contributed by atoms with E-state index >= 15 is 0 Å². The van der Waals surface area contributed by atoms with Crippen molar-refractivity contribution in [3.05, 3.63) is 40.1 Å². The molecule has 1 aliphatic heterocycles. The molecule has 0 saturated carbocycles. The SMILES string of the molecule is C[C@H]1C[C@@H](O/C(=C\c2ccccc2Br)C(=O)O)O[C@@H](CO)[C@H]1O. The van der Waals surface area contributed by atoms with Gasteiger partial charge in [0.25, 0.3) is 0 Å². The fourth-order valence-electron chi connectivity index (χ4n) is 2.39. The second-order valence-corrected chi connectivity index (χ2v) is 6.30. The van der Waals surface area contributed by atoms with Gasteiger partial charge >= 0.3 is 5.97 Å². The number of benzene rings is 1. The van der Waals surface area contributed by atoms with E-state index in [9.17, 15) is 20.1 Å². The van der Waals surface area contributed by atoms with Gasteiger partial charge in [-0.15, -0.1) is 0 Å². The van der Waals surface area contributed by atoms with Crippen molar-refractivity contribution in [1.29, 1.82) is 0 Å². The molecule has 4 atom stereocenters. The van der Waals surface area contributed by atoms with Crippen molar-refractivity contribution in [3.63, 3.8) is 0 Å². The molecule has 0 aliphatic carbocycles. The summed E-state index contributed by atoms with van der Waals surface area (Å²) >= 11 is 3.35. The molecule has 0 unspecified atom stereocenters. The molecule has 1 saturated heterocycles. The number of carboxylic acids is 1. The average molecular weight is 387 g/mol. The van der Waals surface area contributed by atoms with Gasteiger partial charge in [-0.05, 0) is 23.6 Å². The molecule has 1 fully saturated rings. The summed E-state index contributed by atoms with van der Waals surface area (Å²) in [6.07, 6.45) is -0.699. The molecule has 0 spiro atoms. The predicted molar refractivity (Wildman–Crippen MR) is 86.4 cm³/mol. The Bertz CT molecular complexity index is 588. The number of rotatable bonds is 5. The van der Waals surface area contributed by atoms with E-state index in [1.807, 2.05) is 6.07 Å². The number of carbonyl (C=O) groups is 1. The minimum absolute atomic E-state index is 0.176. The van der Waals surface area contributed by atoms with Crippen LogP contribution in [0.2, 0.25) is 0 Å². The van der Waals surface area contributed by atoms with Crippen LogP contribution in [0, 0.1) is 5.92 Å². The molecular weight excluding hydrogens is 368 g/mol. The Kier molecular flexibility index (Phi) is 6.17. The molecule has 1 aliphatic rings. The third-order valence-electron chi connectivity index (χ3n) is 3.70. The number of ether oxygens (including phenoxy) is 2. The molecule has 7 heteroatoms. The summed E-state index contributed by atoms with van der Waals surface area (Å²) in [7, 11) is 0. The van der Waals surface area contributed by atoms with Crippen LogP contribution in [-0.4, -0.2) is 46.4 Å². The first-order valence-corrected chi connectivity index (χ1v) is 8.02. The first kappa shape index (κ1) is 17.9. The lowest BCUT2D eigenvalue weighted by molar-refractivity contribution is -0.232. The van der Waals surface area contributed by atoms with E-state index in [1.165, 1.54) is 6.08 Å². The van der Waals surface area contributed by atoms with Crippen LogP contribution in [0.4, 0.5) is 0 Å². The minimum Gasteiger partial charge on any atom is -0.475 e. The lowest BCUT2D eigenvalue weighted by Crippen LogP contribution is -2.46. The number of aliphatic carboxylic acids is 1. The van der Waals surface area contributed by atoms with Gasteiger partial charge < -0.3 is 24.8 Å². The third kappa shape index (κ3) is 4.54. The molecule has 0 amide bonds. The number of hydrogen-bond donors (Lipinski definition) is 3. The number of hydrogen-bond acceptors (Lipinski definition) is 5. The van der Waals surface area contributed by atoms with Crippen molar-refractivity contribution >= 4 is 28.0 Å². The zero-order chi connectivity index (χ0) is 17.0. The summed E-state index contributed by atoms with van der Waals surface area (Å²) in [5, 5.41) is 28.5. The monoisotopic (exact) mass is 386 g/mol. The van der Waals surface area contributed by atoms with Gasteiger partial charge in [0.15, 0.2) is 0 Å².